The number of carbonyl (C=O) groups is 1. The molecule has 0 radical (unpaired) electrons. The van der Waals surface area contributed by atoms with E-state index < -0.39 is 4.92 Å². The van der Waals surface area contributed by atoms with Crippen molar-refractivity contribution in [1.82, 2.24) is 14.0 Å². The van der Waals surface area contributed by atoms with E-state index in [0.29, 0.717) is 44.1 Å². The van der Waals surface area contributed by atoms with E-state index in [1.807, 2.05) is 4.90 Å². The summed E-state index contributed by atoms with van der Waals surface area (Å²) in [7, 11) is 3.11. The van der Waals surface area contributed by atoms with E-state index >= 15 is 0 Å². The van der Waals surface area contributed by atoms with E-state index in [0.717, 1.165) is 17.5 Å². The van der Waals surface area contributed by atoms with Crippen molar-refractivity contribution in [2.45, 2.75) is 12.8 Å². The van der Waals surface area contributed by atoms with Gasteiger partial charge >= 0.3 is 5.69 Å². The highest BCUT2D eigenvalue weighted by molar-refractivity contribution is 5.90. The number of aromatic nitrogens is 2. The molecule has 1 amide bonds. The van der Waals surface area contributed by atoms with Crippen LogP contribution in [0.4, 0.5) is 17.2 Å². The topological polar surface area (TPSA) is 123 Å². The van der Waals surface area contributed by atoms with E-state index in [1.165, 1.54) is 41.9 Å². The molecule has 1 N–H and O–H groups in total. The molecule has 3 rings (SSSR count). The Morgan fingerprint density at radius 3 is 2.45 bits per heavy atom. The Labute approximate surface area is 178 Å². The van der Waals surface area contributed by atoms with Crippen LogP contribution >= 0.6 is 0 Å². The zero-order chi connectivity index (χ0) is 22.5. The Morgan fingerprint density at radius 2 is 1.77 bits per heavy atom. The molecule has 1 aliphatic rings. The normalized spacial score (nSPS) is 14.8. The Balaban J connectivity index is 1.53. The van der Waals surface area contributed by atoms with Crippen molar-refractivity contribution in [2.75, 3.05) is 42.9 Å². The maximum atomic E-state index is 12.2. The van der Waals surface area contributed by atoms with Gasteiger partial charge in [-0.15, -0.1) is 0 Å². The first-order valence-corrected chi connectivity index (χ1v) is 10.0. The second-order valence-electron chi connectivity index (χ2n) is 7.53. The van der Waals surface area contributed by atoms with E-state index in [4.69, 9.17) is 0 Å². The third kappa shape index (κ3) is 5.37. The lowest BCUT2D eigenvalue weighted by atomic mass is 10.2. The van der Waals surface area contributed by atoms with Gasteiger partial charge in [-0.05, 0) is 25.1 Å². The number of nitrogens with one attached hydrogen (secondary N) is 1. The molecule has 11 nitrogen and oxygen atoms in total. The zero-order valence-electron chi connectivity index (χ0n) is 17.6. The summed E-state index contributed by atoms with van der Waals surface area (Å²) >= 11 is 0. The molecule has 1 aromatic carbocycles. The molecule has 0 spiro atoms. The standard InChI is InChI=1S/C20H26N6O5/c1-22-18(14-19(28)23(2)20(22)29)25-10-3-9-24(12-13-25)11-8-17(27)21-15-4-6-16(7-5-15)26(30)31/h4-7,14H,3,8-13H2,1-2H3,(H,21,27). The second kappa shape index (κ2) is 9.56. The first kappa shape index (κ1) is 22.2. The average molecular weight is 430 g/mol. The quantitative estimate of drug-likeness (QED) is 0.524. The van der Waals surface area contributed by atoms with Crippen LogP contribution < -0.4 is 21.5 Å². The minimum absolute atomic E-state index is 0.0270. The molecule has 1 saturated heterocycles. The van der Waals surface area contributed by atoms with Crippen molar-refractivity contribution < 1.29 is 9.72 Å². The fourth-order valence-corrected chi connectivity index (χ4v) is 3.60. The summed E-state index contributed by atoms with van der Waals surface area (Å²) in [6, 6.07) is 7.20. The van der Waals surface area contributed by atoms with Crippen LogP contribution in [0.3, 0.4) is 0 Å². The van der Waals surface area contributed by atoms with Crippen molar-refractivity contribution in [1.29, 1.82) is 0 Å². The summed E-state index contributed by atoms with van der Waals surface area (Å²) < 4.78 is 2.56. The predicted molar refractivity (Wildman–Crippen MR) is 117 cm³/mol. The summed E-state index contributed by atoms with van der Waals surface area (Å²) in [6.45, 7) is 3.44. The Hall–Kier alpha value is -3.47. The molecule has 0 saturated carbocycles. The lowest BCUT2D eigenvalue weighted by Crippen LogP contribution is -2.41. The minimum Gasteiger partial charge on any atom is -0.356 e. The molecule has 0 aliphatic carbocycles. The van der Waals surface area contributed by atoms with Crippen LogP contribution in [0.1, 0.15) is 12.8 Å². The van der Waals surface area contributed by atoms with Crippen molar-refractivity contribution in [2.24, 2.45) is 14.1 Å². The summed E-state index contributed by atoms with van der Waals surface area (Å²) in [4.78, 5) is 50.9. The summed E-state index contributed by atoms with van der Waals surface area (Å²) in [5, 5.41) is 13.4. The van der Waals surface area contributed by atoms with Gasteiger partial charge in [-0.25, -0.2) is 4.79 Å². The molecule has 11 heteroatoms. The zero-order valence-corrected chi connectivity index (χ0v) is 17.6. The fourth-order valence-electron chi connectivity index (χ4n) is 3.60. The van der Waals surface area contributed by atoms with Crippen molar-refractivity contribution in [3.8, 4) is 0 Å². The average Bonchev–Trinajstić information content (AvgIpc) is 2.99. The Kier molecular flexibility index (Phi) is 6.85. The van der Waals surface area contributed by atoms with Gasteiger partial charge in [0.25, 0.3) is 11.2 Å². The maximum absolute atomic E-state index is 12.2. The monoisotopic (exact) mass is 430 g/mol. The van der Waals surface area contributed by atoms with E-state index in [-0.39, 0.29) is 22.8 Å². The van der Waals surface area contributed by atoms with Crippen LogP contribution in [-0.2, 0) is 18.9 Å². The van der Waals surface area contributed by atoms with Gasteiger partial charge in [0.15, 0.2) is 0 Å². The molecule has 31 heavy (non-hydrogen) atoms. The maximum Gasteiger partial charge on any atom is 0.332 e. The number of nitrogens with zero attached hydrogens (tertiary/aromatic N) is 5. The van der Waals surface area contributed by atoms with Crippen molar-refractivity contribution in [3.63, 3.8) is 0 Å². The first-order valence-electron chi connectivity index (χ1n) is 10.0. The van der Waals surface area contributed by atoms with Crippen LogP contribution in [0.2, 0.25) is 0 Å². The van der Waals surface area contributed by atoms with Gasteiger partial charge in [-0.3, -0.25) is 28.8 Å². The Bertz CT molecular complexity index is 1070. The van der Waals surface area contributed by atoms with E-state index in [9.17, 15) is 24.5 Å². The number of amides is 1. The van der Waals surface area contributed by atoms with Crippen LogP contribution in [0, 0.1) is 10.1 Å². The second-order valence-corrected chi connectivity index (χ2v) is 7.53. The number of hydrogen-bond donors (Lipinski definition) is 1. The van der Waals surface area contributed by atoms with Crippen molar-refractivity contribution in [3.05, 3.63) is 61.3 Å². The van der Waals surface area contributed by atoms with Gasteiger partial charge in [0, 0.05) is 70.6 Å². The lowest BCUT2D eigenvalue weighted by Gasteiger charge is -2.25. The van der Waals surface area contributed by atoms with Gasteiger partial charge in [0.1, 0.15) is 5.82 Å². The van der Waals surface area contributed by atoms with Crippen LogP contribution in [0.15, 0.2) is 39.9 Å². The third-order valence-corrected chi connectivity index (χ3v) is 5.43. The fraction of sp³-hybridized carbons (Fsp3) is 0.450. The third-order valence-electron chi connectivity index (χ3n) is 5.43. The highest BCUT2D eigenvalue weighted by Gasteiger charge is 2.19. The number of benzene rings is 1. The minimum atomic E-state index is -0.487. The van der Waals surface area contributed by atoms with Gasteiger partial charge < -0.3 is 15.1 Å². The number of hydrogen-bond acceptors (Lipinski definition) is 7. The first-order chi connectivity index (χ1) is 14.8. The summed E-state index contributed by atoms with van der Waals surface area (Å²) in [6.07, 6.45) is 1.13. The molecule has 1 fully saturated rings. The summed E-state index contributed by atoms with van der Waals surface area (Å²) in [5.41, 5.74) is -0.196. The molecule has 2 heterocycles. The van der Waals surface area contributed by atoms with Gasteiger partial charge in [0.2, 0.25) is 5.91 Å². The molecule has 0 bridgehead atoms. The molecular formula is C20H26N6O5. The molecule has 1 aliphatic heterocycles. The molecule has 166 valence electrons. The SMILES string of the molecule is Cn1c(N2CCCN(CCC(=O)Nc3ccc([N+](=O)[O-])cc3)CC2)cc(=O)n(C)c1=O. The lowest BCUT2D eigenvalue weighted by molar-refractivity contribution is -0.384. The number of anilines is 2. The molecule has 0 atom stereocenters. The predicted octanol–water partition coefficient (Wildman–Crippen LogP) is 0.533. The van der Waals surface area contributed by atoms with Crippen LogP contribution in [0.5, 0.6) is 0 Å². The number of nitro benzene ring substituents is 1. The largest absolute Gasteiger partial charge is 0.356 e. The number of carbonyl (C=O) groups excluding carboxylic acids is 1. The van der Waals surface area contributed by atoms with Gasteiger partial charge in [-0.1, -0.05) is 0 Å². The number of rotatable bonds is 6. The molecule has 2 aromatic rings. The molecular weight excluding hydrogens is 404 g/mol. The number of nitro groups is 1. The van der Waals surface area contributed by atoms with Crippen LogP contribution in [0.25, 0.3) is 0 Å². The summed E-state index contributed by atoms with van der Waals surface area (Å²) in [5.74, 6) is 0.440. The van der Waals surface area contributed by atoms with E-state index in [2.05, 4.69) is 10.2 Å². The van der Waals surface area contributed by atoms with Gasteiger partial charge in [-0.2, -0.15) is 0 Å². The molecule has 1 aromatic heterocycles. The van der Waals surface area contributed by atoms with E-state index in [1.54, 1.807) is 7.05 Å². The highest BCUT2D eigenvalue weighted by Crippen LogP contribution is 2.16. The van der Waals surface area contributed by atoms with Crippen molar-refractivity contribution >= 4 is 23.1 Å². The molecule has 0 unspecified atom stereocenters. The highest BCUT2D eigenvalue weighted by atomic mass is 16.6. The number of non-ortho nitro benzene ring substituents is 1. The smallest absolute Gasteiger partial charge is 0.332 e. The van der Waals surface area contributed by atoms with Gasteiger partial charge in [0.05, 0.1) is 4.92 Å². The van der Waals surface area contributed by atoms with Crippen LogP contribution in [-0.4, -0.2) is 57.6 Å². The Morgan fingerprint density at radius 1 is 1.06 bits per heavy atom.